The highest BCUT2D eigenvalue weighted by Crippen LogP contribution is 2.34. The fourth-order valence-electron chi connectivity index (χ4n) is 3.85. The first kappa shape index (κ1) is 21.6. The lowest BCUT2D eigenvalue weighted by atomic mass is 10.0. The number of carbonyl (C=O) groups excluding carboxylic acids is 1. The van der Waals surface area contributed by atoms with Crippen molar-refractivity contribution in [2.75, 3.05) is 0 Å². The van der Waals surface area contributed by atoms with Gasteiger partial charge in [0.2, 0.25) is 0 Å². The molecule has 3 aromatic rings. The van der Waals surface area contributed by atoms with Crippen molar-refractivity contribution >= 4 is 5.91 Å². The van der Waals surface area contributed by atoms with Crippen LogP contribution >= 0.6 is 0 Å². The Balaban J connectivity index is 1.67. The van der Waals surface area contributed by atoms with Crippen LogP contribution < -0.4 is 5.32 Å². The molecule has 1 amide bonds. The Morgan fingerprint density at radius 3 is 2.81 bits per heavy atom. The highest BCUT2D eigenvalue weighted by Gasteiger charge is 2.33. The second-order valence-electron chi connectivity index (χ2n) is 7.77. The lowest BCUT2D eigenvalue weighted by Crippen LogP contribution is -2.29. The number of fused-ring (bicyclic) bond motifs is 1. The average molecular weight is 439 g/mol. The molecule has 0 fully saturated rings. The number of rotatable bonds is 3. The number of aromatic nitrogens is 3. The minimum absolute atomic E-state index is 0.317. The number of hydrogen-bond acceptors (Lipinski definition) is 4. The third-order valence-electron chi connectivity index (χ3n) is 5.51. The predicted octanol–water partition coefficient (Wildman–Crippen LogP) is 4.80. The maximum absolute atomic E-state index is 13.2. The molecule has 2 aromatic heterocycles. The molecule has 3 heterocycles. The molecule has 0 aliphatic carbocycles. The van der Waals surface area contributed by atoms with Gasteiger partial charge in [-0.2, -0.15) is 23.5 Å². The number of nitrogens with zero attached hydrogens (tertiary/aromatic N) is 4. The van der Waals surface area contributed by atoms with Crippen LogP contribution in [0.2, 0.25) is 0 Å². The van der Waals surface area contributed by atoms with Gasteiger partial charge in [0, 0.05) is 23.9 Å². The summed E-state index contributed by atoms with van der Waals surface area (Å²) in [5.74, 6) is -0.317. The molecule has 1 aromatic carbocycles. The summed E-state index contributed by atoms with van der Waals surface area (Å²) in [7, 11) is 0. The normalized spacial score (nSPS) is 16.0. The molecule has 0 bridgehead atoms. The third kappa shape index (κ3) is 4.35. The van der Waals surface area contributed by atoms with Crippen molar-refractivity contribution in [1.82, 2.24) is 20.1 Å². The minimum Gasteiger partial charge on any atom is -0.344 e. The van der Waals surface area contributed by atoms with E-state index in [9.17, 15) is 18.0 Å². The van der Waals surface area contributed by atoms with Gasteiger partial charge in [0.15, 0.2) is 0 Å². The van der Waals surface area contributed by atoms with Gasteiger partial charge < -0.3 is 5.32 Å². The zero-order valence-corrected chi connectivity index (χ0v) is 17.3. The van der Waals surface area contributed by atoms with Gasteiger partial charge >= 0.3 is 6.18 Å². The zero-order chi connectivity index (χ0) is 22.9. The summed E-state index contributed by atoms with van der Waals surface area (Å²) in [6, 6.07) is 10.8. The van der Waals surface area contributed by atoms with Crippen molar-refractivity contribution in [3.05, 3.63) is 70.7 Å². The van der Waals surface area contributed by atoms with E-state index in [0.29, 0.717) is 40.9 Å². The van der Waals surface area contributed by atoms with Crippen LogP contribution in [-0.4, -0.2) is 20.7 Å². The Labute approximate surface area is 182 Å². The molecule has 164 valence electrons. The van der Waals surface area contributed by atoms with E-state index in [1.54, 1.807) is 35.9 Å². The topological polar surface area (TPSA) is 83.6 Å². The number of alkyl halides is 3. The van der Waals surface area contributed by atoms with Crippen molar-refractivity contribution in [1.29, 1.82) is 5.26 Å². The van der Waals surface area contributed by atoms with Gasteiger partial charge in [-0.25, -0.2) is 0 Å². The molecular weight excluding hydrogens is 419 g/mol. The Morgan fingerprint density at radius 1 is 1.25 bits per heavy atom. The molecule has 0 saturated carbocycles. The quantitative estimate of drug-likeness (QED) is 0.636. The number of pyridine rings is 1. The SMILES string of the molecule is Cc1cnc(C(F)(F)F)cc1-c1cc2n(n1)CCCCC2NC(=O)c1cccc(C#N)c1. The first-order chi connectivity index (χ1) is 15.3. The maximum Gasteiger partial charge on any atom is 0.433 e. The molecular formula is C23H20F3N5O. The van der Waals surface area contributed by atoms with Gasteiger partial charge in [-0.15, -0.1) is 0 Å². The molecule has 1 N–H and O–H groups in total. The van der Waals surface area contributed by atoms with Crippen LogP contribution in [0.25, 0.3) is 11.3 Å². The Morgan fingerprint density at radius 2 is 2.06 bits per heavy atom. The second kappa shape index (κ2) is 8.46. The smallest absolute Gasteiger partial charge is 0.344 e. The molecule has 0 saturated heterocycles. The minimum atomic E-state index is -4.55. The monoisotopic (exact) mass is 439 g/mol. The van der Waals surface area contributed by atoms with Crippen LogP contribution in [0, 0.1) is 18.3 Å². The molecule has 0 spiro atoms. The van der Waals surface area contributed by atoms with Gasteiger partial charge in [0.1, 0.15) is 5.69 Å². The summed E-state index contributed by atoms with van der Waals surface area (Å²) in [4.78, 5) is 16.3. The highest BCUT2D eigenvalue weighted by atomic mass is 19.4. The van der Waals surface area contributed by atoms with E-state index in [0.717, 1.165) is 24.6 Å². The number of nitrogens with one attached hydrogen (secondary N) is 1. The van der Waals surface area contributed by atoms with Crippen LogP contribution in [0.5, 0.6) is 0 Å². The number of aryl methyl sites for hydroxylation is 2. The largest absolute Gasteiger partial charge is 0.433 e. The predicted molar refractivity (Wildman–Crippen MR) is 110 cm³/mol. The number of carbonyl (C=O) groups is 1. The molecule has 0 radical (unpaired) electrons. The molecule has 1 unspecified atom stereocenters. The molecule has 9 heteroatoms. The van der Waals surface area contributed by atoms with Crippen molar-refractivity contribution in [2.45, 2.75) is 44.9 Å². The number of benzene rings is 1. The first-order valence-electron chi connectivity index (χ1n) is 10.2. The van der Waals surface area contributed by atoms with Crippen LogP contribution in [0.15, 0.2) is 42.6 Å². The van der Waals surface area contributed by atoms with Crippen LogP contribution in [0.4, 0.5) is 13.2 Å². The molecule has 1 aliphatic heterocycles. The Kier molecular flexibility index (Phi) is 5.70. The fraction of sp³-hybridized carbons (Fsp3) is 0.304. The molecule has 6 nitrogen and oxygen atoms in total. The molecule has 1 aliphatic rings. The van der Waals surface area contributed by atoms with Crippen molar-refractivity contribution in [3.8, 4) is 17.3 Å². The van der Waals surface area contributed by atoms with E-state index in [1.807, 2.05) is 6.07 Å². The van der Waals surface area contributed by atoms with Gasteiger partial charge in [0.05, 0.1) is 29.1 Å². The summed E-state index contributed by atoms with van der Waals surface area (Å²) in [6.45, 7) is 2.30. The van der Waals surface area contributed by atoms with E-state index in [1.165, 1.54) is 12.3 Å². The average Bonchev–Trinajstić information content (AvgIpc) is 3.10. The van der Waals surface area contributed by atoms with Gasteiger partial charge in [0.25, 0.3) is 5.91 Å². The number of nitriles is 1. The Hall–Kier alpha value is -3.67. The first-order valence-corrected chi connectivity index (χ1v) is 10.2. The molecule has 32 heavy (non-hydrogen) atoms. The van der Waals surface area contributed by atoms with Crippen molar-refractivity contribution in [2.24, 2.45) is 0 Å². The number of halogens is 3. The standard InChI is InChI=1S/C23H20F3N5O/c1-14-13-28-21(23(24,25)26)10-17(14)19-11-20-18(7-2-3-8-31(20)30-19)29-22(32)16-6-4-5-15(9-16)12-27/h4-6,9-11,13,18H,2-3,7-8H2,1H3,(H,29,32). The van der Waals surface area contributed by atoms with Gasteiger partial charge in [-0.3, -0.25) is 14.5 Å². The van der Waals surface area contributed by atoms with Crippen LogP contribution in [-0.2, 0) is 12.7 Å². The maximum atomic E-state index is 13.2. The third-order valence-corrected chi connectivity index (χ3v) is 5.51. The van der Waals surface area contributed by atoms with Crippen LogP contribution in [0.3, 0.4) is 0 Å². The van der Waals surface area contributed by atoms with Gasteiger partial charge in [-0.05, 0) is 62.1 Å². The van der Waals surface area contributed by atoms with E-state index in [2.05, 4.69) is 15.4 Å². The second-order valence-corrected chi connectivity index (χ2v) is 7.77. The Bertz CT molecular complexity index is 1210. The van der Waals surface area contributed by atoms with Crippen molar-refractivity contribution in [3.63, 3.8) is 0 Å². The molecule has 4 rings (SSSR count). The summed E-state index contributed by atoms with van der Waals surface area (Å²) in [5, 5.41) is 16.6. The number of hydrogen-bond donors (Lipinski definition) is 1. The van der Waals surface area contributed by atoms with E-state index in [4.69, 9.17) is 5.26 Å². The van der Waals surface area contributed by atoms with Crippen molar-refractivity contribution < 1.29 is 18.0 Å². The zero-order valence-electron chi connectivity index (χ0n) is 17.3. The van der Waals surface area contributed by atoms with E-state index < -0.39 is 11.9 Å². The van der Waals surface area contributed by atoms with E-state index >= 15 is 0 Å². The van der Waals surface area contributed by atoms with Crippen LogP contribution in [0.1, 0.15) is 58.2 Å². The molecule has 1 atom stereocenters. The fourth-order valence-corrected chi connectivity index (χ4v) is 3.85. The van der Waals surface area contributed by atoms with E-state index in [-0.39, 0.29) is 11.9 Å². The highest BCUT2D eigenvalue weighted by molar-refractivity contribution is 5.94. The summed E-state index contributed by atoms with van der Waals surface area (Å²) < 4.78 is 41.2. The lowest BCUT2D eigenvalue weighted by Gasteiger charge is -2.17. The summed E-state index contributed by atoms with van der Waals surface area (Å²) in [5.41, 5.74) is 1.90. The summed E-state index contributed by atoms with van der Waals surface area (Å²) >= 11 is 0. The number of amides is 1. The van der Waals surface area contributed by atoms with Gasteiger partial charge in [-0.1, -0.05) is 6.07 Å². The summed E-state index contributed by atoms with van der Waals surface area (Å²) in [6.07, 6.45) is -0.961. The lowest BCUT2D eigenvalue weighted by molar-refractivity contribution is -0.141.